The predicted octanol–water partition coefficient (Wildman–Crippen LogP) is 4.21. The van der Waals surface area contributed by atoms with Crippen LogP contribution in [-0.2, 0) is 0 Å². The van der Waals surface area contributed by atoms with Gasteiger partial charge in [0.05, 0.1) is 11.2 Å². The van der Waals surface area contributed by atoms with E-state index >= 15 is 0 Å². The zero-order valence-corrected chi connectivity index (χ0v) is 14.3. The van der Waals surface area contributed by atoms with Gasteiger partial charge in [-0.1, -0.05) is 23.2 Å². The van der Waals surface area contributed by atoms with E-state index in [1.807, 2.05) is 0 Å². The van der Waals surface area contributed by atoms with Gasteiger partial charge in [0.25, 0.3) is 0 Å². The summed E-state index contributed by atoms with van der Waals surface area (Å²) in [6.07, 6.45) is 1.47. The van der Waals surface area contributed by atoms with Crippen molar-refractivity contribution in [3.63, 3.8) is 0 Å². The lowest BCUT2D eigenvalue weighted by Crippen LogP contribution is -1.95. The van der Waals surface area contributed by atoms with Crippen molar-refractivity contribution in [1.82, 2.24) is 14.9 Å². The van der Waals surface area contributed by atoms with Crippen LogP contribution in [-0.4, -0.2) is 31.3 Å². The first-order valence-electron chi connectivity index (χ1n) is 6.65. The number of hydrogen-bond acceptors (Lipinski definition) is 5. The summed E-state index contributed by atoms with van der Waals surface area (Å²) in [5.41, 5.74) is 1.18. The van der Waals surface area contributed by atoms with E-state index < -0.39 is 0 Å². The Bertz CT molecular complexity index is 997. The number of phenolic OH excluding ortho intramolecular Hbond substituents is 2. The third-order valence-corrected chi connectivity index (χ3v) is 3.96. The minimum absolute atomic E-state index is 0.208. The highest BCUT2D eigenvalue weighted by Gasteiger charge is 2.12. The van der Waals surface area contributed by atoms with Crippen LogP contribution < -0.4 is 0 Å². The van der Waals surface area contributed by atoms with Crippen molar-refractivity contribution >= 4 is 41.6 Å². The topological polar surface area (TPSA) is 86.4 Å². The number of nitrogens with zero attached hydrogens (tertiary/aromatic N) is 3. The Kier molecular flexibility index (Phi) is 4.57. The number of H-pyrrole nitrogens is 1. The van der Waals surface area contributed by atoms with Crippen molar-refractivity contribution in [1.29, 1.82) is 0 Å². The maximum Gasteiger partial charge on any atom is 0.216 e. The monoisotopic (exact) mass is 380 g/mol. The van der Waals surface area contributed by atoms with Crippen LogP contribution in [0.2, 0.25) is 10.0 Å². The first-order chi connectivity index (χ1) is 11.5. The van der Waals surface area contributed by atoms with Crippen LogP contribution in [0.4, 0.5) is 0 Å². The van der Waals surface area contributed by atoms with Gasteiger partial charge in [-0.25, -0.2) is 5.10 Å². The van der Waals surface area contributed by atoms with Crippen LogP contribution in [0.25, 0.3) is 11.4 Å². The molecule has 0 spiro atoms. The van der Waals surface area contributed by atoms with Gasteiger partial charge in [-0.15, -0.1) is 0 Å². The summed E-state index contributed by atoms with van der Waals surface area (Å²) in [5, 5.41) is 30.8. The Hall–Kier alpha value is -2.35. The lowest BCUT2D eigenvalue weighted by atomic mass is 10.2. The molecule has 0 saturated carbocycles. The average Bonchev–Trinajstić information content (AvgIpc) is 2.89. The molecule has 0 amide bonds. The summed E-state index contributed by atoms with van der Waals surface area (Å²) >= 11 is 17.3. The summed E-state index contributed by atoms with van der Waals surface area (Å²) in [4.78, 5) is 0. The van der Waals surface area contributed by atoms with Gasteiger partial charge in [0.15, 0.2) is 17.3 Å². The number of aromatic nitrogens is 3. The SMILES string of the molecule is Oc1ccc(/C=N\n2c(-c3ccc(Cl)cc3Cl)n[nH]c2=S)cc1O. The summed E-state index contributed by atoms with van der Waals surface area (Å²) < 4.78 is 1.67. The summed E-state index contributed by atoms with van der Waals surface area (Å²) in [7, 11) is 0. The Morgan fingerprint density at radius 1 is 1.12 bits per heavy atom. The molecule has 1 heterocycles. The quantitative estimate of drug-likeness (QED) is 0.360. The zero-order valence-electron chi connectivity index (χ0n) is 11.9. The first kappa shape index (κ1) is 16.5. The van der Waals surface area contributed by atoms with Gasteiger partial charge >= 0.3 is 0 Å². The first-order valence-corrected chi connectivity index (χ1v) is 7.81. The number of nitrogens with one attached hydrogen (secondary N) is 1. The van der Waals surface area contributed by atoms with Crippen LogP contribution >= 0.6 is 35.4 Å². The van der Waals surface area contributed by atoms with Crippen molar-refractivity contribution in [2.45, 2.75) is 0 Å². The number of aromatic hydroxyl groups is 2. The minimum atomic E-state index is -0.240. The number of benzene rings is 2. The standard InChI is InChI=1S/C15H10Cl2N4O2S/c16-9-2-3-10(11(17)6-9)14-19-20-15(24)21(14)18-7-8-1-4-12(22)13(23)5-8/h1-7,22-23H,(H,20,24)/b18-7-. The summed E-state index contributed by atoms with van der Waals surface area (Å²) in [6.45, 7) is 0. The van der Waals surface area contributed by atoms with Crippen LogP contribution in [0.1, 0.15) is 5.56 Å². The zero-order chi connectivity index (χ0) is 17.3. The van der Waals surface area contributed by atoms with E-state index in [4.69, 9.17) is 35.4 Å². The van der Waals surface area contributed by atoms with Gasteiger partial charge in [0.2, 0.25) is 4.77 Å². The van der Waals surface area contributed by atoms with Crippen LogP contribution in [0.15, 0.2) is 41.5 Å². The normalized spacial score (nSPS) is 11.2. The third kappa shape index (κ3) is 3.28. The molecule has 0 aliphatic carbocycles. The van der Waals surface area contributed by atoms with E-state index in [9.17, 15) is 10.2 Å². The van der Waals surface area contributed by atoms with E-state index in [0.29, 0.717) is 27.0 Å². The minimum Gasteiger partial charge on any atom is -0.504 e. The molecule has 9 heteroatoms. The summed E-state index contributed by atoms with van der Waals surface area (Å²) in [6, 6.07) is 9.33. The largest absolute Gasteiger partial charge is 0.504 e. The van der Waals surface area contributed by atoms with Crippen LogP contribution in [0.3, 0.4) is 0 Å². The van der Waals surface area contributed by atoms with Crippen molar-refractivity contribution in [3.05, 3.63) is 56.8 Å². The third-order valence-electron chi connectivity index (χ3n) is 3.14. The fourth-order valence-corrected chi connectivity index (χ4v) is 2.66. The van der Waals surface area contributed by atoms with Crippen LogP contribution in [0, 0.1) is 4.77 Å². The highest BCUT2D eigenvalue weighted by Crippen LogP contribution is 2.29. The molecule has 1 aromatic heterocycles. The molecule has 0 saturated heterocycles. The Morgan fingerprint density at radius 2 is 1.92 bits per heavy atom. The van der Waals surface area contributed by atoms with E-state index in [2.05, 4.69) is 15.3 Å². The van der Waals surface area contributed by atoms with Crippen molar-refractivity contribution < 1.29 is 10.2 Å². The molecular formula is C15H10Cl2N4O2S. The molecule has 6 nitrogen and oxygen atoms in total. The lowest BCUT2D eigenvalue weighted by molar-refractivity contribution is 0.403. The molecular weight excluding hydrogens is 371 g/mol. The smallest absolute Gasteiger partial charge is 0.216 e. The second-order valence-electron chi connectivity index (χ2n) is 4.78. The molecule has 2 aromatic carbocycles. The molecule has 0 aliphatic rings. The molecule has 0 aliphatic heterocycles. The Morgan fingerprint density at radius 3 is 2.62 bits per heavy atom. The second kappa shape index (κ2) is 6.64. The highest BCUT2D eigenvalue weighted by molar-refractivity contribution is 7.71. The Balaban J connectivity index is 2.03. The fraction of sp³-hybridized carbons (Fsp3) is 0. The predicted molar refractivity (Wildman–Crippen MR) is 95.6 cm³/mol. The van der Waals surface area contributed by atoms with Gasteiger partial charge in [-0.2, -0.15) is 14.9 Å². The Labute approximate surface area is 151 Å². The summed E-state index contributed by atoms with van der Waals surface area (Å²) in [5.74, 6) is -0.0302. The van der Waals surface area contributed by atoms with Gasteiger partial charge in [-0.05, 0) is 54.2 Å². The molecule has 122 valence electrons. The number of halogens is 2. The molecule has 3 aromatic rings. The molecule has 0 radical (unpaired) electrons. The second-order valence-corrected chi connectivity index (χ2v) is 6.01. The van der Waals surface area contributed by atoms with Crippen molar-refractivity contribution in [3.8, 4) is 22.9 Å². The van der Waals surface area contributed by atoms with E-state index in [-0.39, 0.29) is 16.3 Å². The number of rotatable bonds is 3. The molecule has 0 atom stereocenters. The van der Waals surface area contributed by atoms with Gasteiger partial charge in [0, 0.05) is 10.6 Å². The fourth-order valence-electron chi connectivity index (χ4n) is 1.99. The van der Waals surface area contributed by atoms with Gasteiger partial charge in [-0.3, -0.25) is 0 Å². The highest BCUT2D eigenvalue weighted by atomic mass is 35.5. The molecule has 0 bridgehead atoms. The van der Waals surface area contributed by atoms with E-state index in [1.54, 1.807) is 24.3 Å². The molecule has 0 fully saturated rings. The molecule has 3 N–H and O–H groups in total. The maximum absolute atomic E-state index is 9.52. The lowest BCUT2D eigenvalue weighted by Gasteiger charge is -2.04. The van der Waals surface area contributed by atoms with Crippen LogP contribution in [0.5, 0.6) is 11.5 Å². The van der Waals surface area contributed by atoms with E-state index in [0.717, 1.165) is 0 Å². The molecule has 3 rings (SSSR count). The average molecular weight is 381 g/mol. The van der Waals surface area contributed by atoms with Crippen molar-refractivity contribution in [2.75, 3.05) is 0 Å². The van der Waals surface area contributed by atoms with Gasteiger partial charge < -0.3 is 10.2 Å². The van der Waals surface area contributed by atoms with Gasteiger partial charge in [0.1, 0.15) is 0 Å². The number of phenols is 2. The molecule has 0 unspecified atom stereocenters. The van der Waals surface area contributed by atoms with E-state index in [1.165, 1.54) is 23.0 Å². The molecule has 24 heavy (non-hydrogen) atoms. The maximum atomic E-state index is 9.52. The number of aromatic amines is 1. The van der Waals surface area contributed by atoms with Crippen molar-refractivity contribution in [2.24, 2.45) is 5.10 Å². The number of hydrogen-bond donors (Lipinski definition) is 3.